The standard InChI is InChI=1S/C24H27BN2O3S/c1-6-26(14(2)3)24(28)18-12-17(20-8-7-11-31-20)22-16-13-19(29-4)23(30-5)21(25)15(16)9-10-27(18)22/h7-8,11-14H,6,9-10H2,1-5H3. The maximum Gasteiger partial charge on any atom is 0.270 e. The molecule has 1 aliphatic rings. The molecule has 0 bridgehead atoms. The zero-order chi connectivity index (χ0) is 22.3. The van der Waals surface area contributed by atoms with Crippen molar-refractivity contribution in [2.24, 2.45) is 0 Å². The molecule has 0 saturated heterocycles. The topological polar surface area (TPSA) is 43.7 Å². The fourth-order valence-electron chi connectivity index (χ4n) is 4.52. The zero-order valence-corrected chi connectivity index (χ0v) is 19.5. The van der Waals surface area contributed by atoms with Crippen molar-refractivity contribution in [3.05, 3.63) is 40.9 Å². The van der Waals surface area contributed by atoms with E-state index in [4.69, 9.17) is 17.3 Å². The Morgan fingerprint density at radius 2 is 2.03 bits per heavy atom. The Balaban J connectivity index is 1.99. The van der Waals surface area contributed by atoms with Crippen molar-refractivity contribution in [2.45, 2.75) is 39.8 Å². The summed E-state index contributed by atoms with van der Waals surface area (Å²) in [6, 6.07) is 8.28. The van der Waals surface area contributed by atoms with Gasteiger partial charge in [-0.2, -0.15) is 0 Å². The Morgan fingerprint density at radius 3 is 2.61 bits per heavy atom. The second-order valence-electron chi connectivity index (χ2n) is 7.91. The van der Waals surface area contributed by atoms with E-state index in [1.54, 1.807) is 25.6 Å². The number of hydrogen-bond donors (Lipinski definition) is 0. The van der Waals surface area contributed by atoms with Crippen molar-refractivity contribution >= 4 is 30.6 Å². The van der Waals surface area contributed by atoms with E-state index in [9.17, 15) is 4.79 Å². The first-order valence-corrected chi connectivity index (χ1v) is 11.4. The van der Waals surface area contributed by atoms with Crippen LogP contribution in [0, 0.1) is 0 Å². The zero-order valence-electron chi connectivity index (χ0n) is 18.7. The summed E-state index contributed by atoms with van der Waals surface area (Å²) in [6.45, 7) is 7.47. The molecule has 4 rings (SSSR count). The highest BCUT2D eigenvalue weighted by molar-refractivity contribution is 7.13. The van der Waals surface area contributed by atoms with Crippen molar-refractivity contribution in [1.82, 2.24) is 9.47 Å². The summed E-state index contributed by atoms with van der Waals surface area (Å²) in [4.78, 5) is 16.5. The van der Waals surface area contributed by atoms with Gasteiger partial charge in [0.05, 0.1) is 19.9 Å². The van der Waals surface area contributed by atoms with Gasteiger partial charge in [-0.3, -0.25) is 4.79 Å². The highest BCUT2D eigenvalue weighted by Crippen LogP contribution is 2.44. The van der Waals surface area contributed by atoms with Crippen LogP contribution >= 0.6 is 11.3 Å². The molecule has 3 aromatic rings. The summed E-state index contributed by atoms with van der Waals surface area (Å²) in [5.41, 5.74) is 5.41. The van der Waals surface area contributed by atoms with Gasteiger partial charge >= 0.3 is 0 Å². The maximum atomic E-state index is 13.5. The monoisotopic (exact) mass is 434 g/mol. The van der Waals surface area contributed by atoms with E-state index in [1.165, 1.54) is 0 Å². The number of fused-ring (bicyclic) bond motifs is 3. The number of ether oxygens (including phenoxy) is 2. The molecule has 0 aliphatic carbocycles. The van der Waals surface area contributed by atoms with Crippen LogP contribution in [0.5, 0.6) is 11.5 Å². The Bertz CT molecular complexity index is 1120. The Kier molecular flexibility index (Phi) is 5.89. The Labute approximate surface area is 189 Å². The third-order valence-electron chi connectivity index (χ3n) is 5.99. The number of thiophene rings is 1. The van der Waals surface area contributed by atoms with Gasteiger partial charge < -0.3 is 18.9 Å². The number of methoxy groups -OCH3 is 2. The number of carbonyl (C=O) groups is 1. The van der Waals surface area contributed by atoms with Gasteiger partial charge in [0.25, 0.3) is 5.91 Å². The van der Waals surface area contributed by atoms with E-state index in [-0.39, 0.29) is 11.9 Å². The largest absolute Gasteiger partial charge is 0.493 e. The average molecular weight is 434 g/mol. The van der Waals surface area contributed by atoms with Crippen LogP contribution in [-0.2, 0) is 13.0 Å². The van der Waals surface area contributed by atoms with Crippen LogP contribution in [0.15, 0.2) is 29.6 Å². The van der Waals surface area contributed by atoms with E-state index >= 15 is 0 Å². The summed E-state index contributed by atoms with van der Waals surface area (Å²) >= 11 is 1.67. The van der Waals surface area contributed by atoms with E-state index < -0.39 is 0 Å². The van der Waals surface area contributed by atoms with Gasteiger partial charge in [-0.1, -0.05) is 6.07 Å². The molecule has 0 unspecified atom stereocenters. The number of nitrogens with zero attached hydrogens (tertiary/aromatic N) is 2. The molecular weight excluding hydrogens is 407 g/mol. The molecule has 2 aromatic heterocycles. The highest BCUT2D eigenvalue weighted by Gasteiger charge is 2.31. The van der Waals surface area contributed by atoms with Gasteiger partial charge in [0.2, 0.25) is 0 Å². The number of amides is 1. The molecule has 1 amide bonds. The minimum atomic E-state index is 0.0541. The molecule has 0 atom stereocenters. The lowest BCUT2D eigenvalue weighted by Gasteiger charge is -2.29. The molecule has 5 nitrogen and oxygen atoms in total. The van der Waals surface area contributed by atoms with E-state index in [0.717, 1.165) is 33.7 Å². The lowest BCUT2D eigenvalue weighted by atomic mass is 9.82. The van der Waals surface area contributed by atoms with Gasteiger partial charge in [0.15, 0.2) is 11.5 Å². The lowest BCUT2D eigenvalue weighted by Crippen LogP contribution is -2.38. The summed E-state index contributed by atoms with van der Waals surface area (Å²) in [6.07, 6.45) is 0.723. The highest BCUT2D eigenvalue weighted by atomic mass is 32.1. The van der Waals surface area contributed by atoms with Crippen LogP contribution in [0.2, 0.25) is 0 Å². The molecule has 2 radical (unpaired) electrons. The molecule has 1 aromatic carbocycles. The molecule has 3 heterocycles. The summed E-state index contributed by atoms with van der Waals surface area (Å²) in [5.74, 6) is 1.21. The first kappa shape index (κ1) is 21.6. The van der Waals surface area contributed by atoms with Gasteiger partial charge in [0, 0.05) is 35.1 Å². The number of hydrogen-bond acceptors (Lipinski definition) is 4. The van der Waals surface area contributed by atoms with Gasteiger partial charge in [0.1, 0.15) is 13.5 Å². The van der Waals surface area contributed by atoms with Crippen molar-refractivity contribution in [3.8, 4) is 33.2 Å². The van der Waals surface area contributed by atoms with Crippen LogP contribution in [0.4, 0.5) is 0 Å². The molecular formula is C24H27BN2O3S. The van der Waals surface area contributed by atoms with Gasteiger partial charge in [-0.25, -0.2) is 0 Å². The summed E-state index contributed by atoms with van der Waals surface area (Å²) < 4.78 is 13.3. The van der Waals surface area contributed by atoms with Crippen molar-refractivity contribution in [2.75, 3.05) is 20.8 Å². The SMILES string of the molecule is [B]c1c2c(cc(OC)c1OC)-c1c(-c3cccs3)cc(C(=O)N(CC)C(C)C)n1CC2. The fourth-order valence-corrected chi connectivity index (χ4v) is 5.27. The second-order valence-corrected chi connectivity index (χ2v) is 8.86. The number of carbonyl (C=O) groups excluding carboxylic acids is 1. The maximum absolute atomic E-state index is 13.5. The number of benzene rings is 1. The van der Waals surface area contributed by atoms with Gasteiger partial charge in [-0.15, -0.1) is 11.3 Å². The van der Waals surface area contributed by atoms with Crippen molar-refractivity contribution in [3.63, 3.8) is 0 Å². The van der Waals surface area contributed by atoms with Crippen LogP contribution in [0.3, 0.4) is 0 Å². The van der Waals surface area contributed by atoms with E-state index in [1.807, 2.05) is 30.0 Å². The predicted molar refractivity (Wildman–Crippen MR) is 127 cm³/mol. The molecule has 31 heavy (non-hydrogen) atoms. The third-order valence-corrected chi connectivity index (χ3v) is 6.89. The van der Waals surface area contributed by atoms with E-state index in [2.05, 4.69) is 29.9 Å². The normalized spacial score (nSPS) is 12.5. The molecule has 0 saturated carbocycles. The molecule has 160 valence electrons. The van der Waals surface area contributed by atoms with Crippen LogP contribution in [-0.4, -0.2) is 50.0 Å². The van der Waals surface area contributed by atoms with Crippen LogP contribution in [0.25, 0.3) is 21.7 Å². The third kappa shape index (κ3) is 3.45. The average Bonchev–Trinajstić information content (AvgIpc) is 3.41. The minimum absolute atomic E-state index is 0.0541. The molecule has 0 spiro atoms. The number of aromatic nitrogens is 1. The smallest absolute Gasteiger partial charge is 0.270 e. The van der Waals surface area contributed by atoms with Crippen molar-refractivity contribution < 1.29 is 14.3 Å². The quantitative estimate of drug-likeness (QED) is 0.549. The molecule has 1 aliphatic heterocycles. The minimum Gasteiger partial charge on any atom is -0.493 e. The van der Waals surface area contributed by atoms with Crippen LogP contribution in [0.1, 0.15) is 36.8 Å². The summed E-state index contributed by atoms with van der Waals surface area (Å²) in [5, 5.41) is 2.06. The summed E-state index contributed by atoms with van der Waals surface area (Å²) in [7, 11) is 9.72. The fraction of sp³-hybridized carbons (Fsp3) is 0.375. The van der Waals surface area contributed by atoms with Crippen LogP contribution < -0.4 is 14.9 Å². The molecule has 0 N–H and O–H groups in total. The Hall–Kier alpha value is -2.67. The second kappa shape index (κ2) is 8.46. The Morgan fingerprint density at radius 1 is 1.26 bits per heavy atom. The lowest BCUT2D eigenvalue weighted by molar-refractivity contribution is 0.0706. The first-order chi connectivity index (χ1) is 14.9. The van der Waals surface area contributed by atoms with Gasteiger partial charge in [-0.05, 0) is 61.8 Å². The van der Waals surface area contributed by atoms with Crippen molar-refractivity contribution in [1.29, 1.82) is 0 Å². The van der Waals surface area contributed by atoms with E-state index in [0.29, 0.717) is 35.7 Å². The molecule has 0 fully saturated rings. The molecule has 7 heteroatoms. The first-order valence-electron chi connectivity index (χ1n) is 10.5. The number of rotatable bonds is 6. The predicted octanol–water partition coefficient (Wildman–Crippen LogP) is 4.12.